The van der Waals surface area contributed by atoms with E-state index in [9.17, 15) is 4.79 Å². The van der Waals surface area contributed by atoms with E-state index in [2.05, 4.69) is 4.98 Å². The molecule has 0 bridgehead atoms. The fourth-order valence-corrected chi connectivity index (χ4v) is 2.70. The Morgan fingerprint density at radius 3 is 2.67 bits per heavy atom. The number of nitrogens with zero attached hydrogens (tertiary/aromatic N) is 2. The summed E-state index contributed by atoms with van der Waals surface area (Å²) in [5.41, 5.74) is 0.754. The zero-order valence-corrected chi connectivity index (χ0v) is 12.9. The molecule has 1 amide bonds. The summed E-state index contributed by atoms with van der Waals surface area (Å²) in [4.78, 5) is 18.6. The molecule has 5 heteroatoms. The van der Waals surface area contributed by atoms with Gasteiger partial charge in [-0.25, -0.2) is 0 Å². The van der Waals surface area contributed by atoms with Crippen LogP contribution < -0.4 is 9.47 Å². The second-order valence-corrected chi connectivity index (χ2v) is 5.33. The SMILES string of the molecule is COc1ccnc(CN2CCCCCCCC2=O)c1OC. The summed E-state index contributed by atoms with van der Waals surface area (Å²) in [5.74, 6) is 1.48. The van der Waals surface area contributed by atoms with Crippen LogP contribution in [0.15, 0.2) is 12.3 Å². The minimum atomic E-state index is 0.212. The summed E-state index contributed by atoms with van der Waals surface area (Å²) in [6.07, 6.45) is 7.92. The predicted octanol–water partition coefficient (Wildman–Crippen LogP) is 2.78. The third-order valence-corrected chi connectivity index (χ3v) is 3.88. The summed E-state index contributed by atoms with van der Waals surface area (Å²) in [7, 11) is 3.20. The second-order valence-electron chi connectivity index (χ2n) is 5.33. The van der Waals surface area contributed by atoms with Gasteiger partial charge in [0.15, 0.2) is 11.5 Å². The highest BCUT2D eigenvalue weighted by molar-refractivity contribution is 5.76. The fourth-order valence-electron chi connectivity index (χ4n) is 2.70. The van der Waals surface area contributed by atoms with Crippen molar-refractivity contribution in [2.24, 2.45) is 0 Å². The van der Waals surface area contributed by atoms with E-state index < -0.39 is 0 Å². The van der Waals surface area contributed by atoms with Gasteiger partial charge in [-0.05, 0) is 12.8 Å². The quantitative estimate of drug-likeness (QED) is 0.856. The highest BCUT2D eigenvalue weighted by Gasteiger charge is 2.19. The molecule has 116 valence electrons. The van der Waals surface area contributed by atoms with Gasteiger partial charge in [0.2, 0.25) is 5.91 Å². The van der Waals surface area contributed by atoms with Gasteiger partial charge in [0.25, 0.3) is 0 Å². The van der Waals surface area contributed by atoms with Crippen molar-refractivity contribution in [3.63, 3.8) is 0 Å². The van der Waals surface area contributed by atoms with E-state index in [4.69, 9.17) is 9.47 Å². The average molecular weight is 292 g/mol. The first-order valence-corrected chi connectivity index (χ1v) is 7.60. The standard InChI is InChI=1S/C16H24N2O3/c1-20-14-9-10-17-13(16(14)21-2)12-18-11-7-5-3-4-6-8-15(18)19/h9-10H,3-8,11-12H2,1-2H3. The lowest BCUT2D eigenvalue weighted by Gasteiger charge is -2.23. The van der Waals surface area contributed by atoms with Crippen molar-refractivity contribution >= 4 is 5.91 Å². The number of rotatable bonds is 4. The van der Waals surface area contributed by atoms with Gasteiger partial charge in [0.1, 0.15) is 5.69 Å². The zero-order chi connectivity index (χ0) is 15.1. The number of methoxy groups -OCH3 is 2. The van der Waals surface area contributed by atoms with Crippen LogP contribution in [0, 0.1) is 0 Å². The Morgan fingerprint density at radius 2 is 1.90 bits per heavy atom. The number of ether oxygens (including phenoxy) is 2. The summed E-state index contributed by atoms with van der Waals surface area (Å²) >= 11 is 0. The van der Waals surface area contributed by atoms with Crippen LogP contribution in [0.4, 0.5) is 0 Å². The molecule has 1 aromatic rings. The van der Waals surface area contributed by atoms with Gasteiger partial charge in [-0.3, -0.25) is 9.78 Å². The minimum absolute atomic E-state index is 0.212. The predicted molar refractivity (Wildman–Crippen MR) is 80.5 cm³/mol. The minimum Gasteiger partial charge on any atom is -0.493 e. The normalized spacial score (nSPS) is 16.9. The number of aromatic nitrogens is 1. The molecule has 1 aromatic heterocycles. The highest BCUT2D eigenvalue weighted by atomic mass is 16.5. The molecule has 0 aliphatic carbocycles. The van der Waals surface area contributed by atoms with Crippen LogP contribution in [0.3, 0.4) is 0 Å². The summed E-state index contributed by atoms with van der Waals surface area (Å²) < 4.78 is 10.7. The van der Waals surface area contributed by atoms with Crippen molar-refractivity contribution in [1.82, 2.24) is 9.88 Å². The first kappa shape index (κ1) is 15.6. The van der Waals surface area contributed by atoms with Crippen LogP contribution in [-0.2, 0) is 11.3 Å². The van der Waals surface area contributed by atoms with Crippen molar-refractivity contribution in [1.29, 1.82) is 0 Å². The van der Waals surface area contributed by atoms with Crippen molar-refractivity contribution in [3.05, 3.63) is 18.0 Å². The molecule has 2 rings (SSSR count). The summed E-state index contributed by atoms with van der Waals surface area (Å²) in [6, 6.07) is 1.77. The molecule has 2 heterocycles. The van der Waals surface area contributed by atoms with Crippen LogP contribution in [0.2, 0.25) is 0 Å². The number of amides is 1. The Bertz CT molecular complexity index is 477. The Labute approximate surface area is 126 Å². The molecular weight excluding hydrogens is 268 g/mol. The maximum absolute atomic E-state index is 12.3. The van der Waals surface area contributed by atoms with Gasteiger partial charge in [0.05, 0.1) is 20.8 Å². The smallest absolute Gasteiger partial charge is 0.222 e. The molecule has 0 aromatic carbocycles. The van der Waals surface area contributed by atoms with E-state index >= 15 is 0 Å². The van der Waals surface area contributed by atoms with E-state index in [0.717, 1.165) is 31.5 Å². The van der Waals surface area contributed by atoms with E-state index in [1.165, 1.54) is 12.8 Å². The molecule has 5 nitrogen and oxygen atoms in total. The average Bonchev–Trinajstić information content (AvgIpc) is 2.60. The van der Waals surface area contributed by atoms with Crippen LogP contribution >= 0.6 is 0 Å². The van der Waals surface area contributed by atoms with Gasteiger partial charge in [-0.1, -0.05) is 19.3 Å². The molecule has 0 atom stereocenters. The van der Waals surface area contributed by atoms with E-state index in [-0.39, 0.29) is 5.91 Å². The lowest BCUT2D eigenvalue weighted by molar-refractivity contribution is -0.132. The van der Waals surface area contributed by atoms with Gasteiger partial charge in [-0.2, -0.15) is 0 Å². The van der Waals surface area contributed by atoms with Crippen molar-refractivity contribution in [3.8, 4) is 11.5 Å². The molecule has 1 fully saturated rings. The first-order valence-electron chi connectivity index (χ1n) is 7.60. The summed E-state index contributed by atoms with van der Waals surface area (Å²) in [5, 5.41) is 0. The Kier molecular flexibility index (Phi) is 5.84. The number of carbonyl (C=O) groups excluding carboxylic acids is 1. The van der Waals surface area contributed by atoms with E-state index in [1.54, 1.807) is 26.5 Å². The van der Waals surface area contributed by atoms with Crippen LogP contribution in [0.5, 0.6) is 11.5 Å². The molecule has 0 unspecified atom stereocenters. The second kappa shape index (κ2) is 7.86. The molecule has 21 heavy (non-hydrogen) atoms. The fraction of sp³-hybridized carbons (Fsp3) is 0.625. The zero-order valence-electron chi connectivity index (χ0n) is 12.9. The third-order valence-electron chi connectivity index (χ3n) is 3.88. The van der Waals surface area contributed by atoms with Gasteiger partial charge < -0.3 is 14.4 Å². The maximum atomic E-state index is 12.3. The van der Waals surface area contributed by atoms with Crippen LogP contribution in [0.25, 0.3) is 0 Å². The van der Waals surface area contributed by atoms with Crippen molar-refractivity contribution < 1.29 is 14.3 Å². The summed E-state index contributed by atoms with van der Waals surface area (Å²) in [6.45, 7) is 1.28. The third kappa shape index (κ3) is 4.09. The molecular formula is C16H24N2O3. The Balaban J connectivity index is 2.16. The van der Waals surface area contributed by atoms with Gasteiger partial charge in [0, 0.05) is 25.2 Å². The monoisotopic (exact) mass is 292 g/mol. The van der Waals surface area contributed by atoms with Gasteiger partial charge in [-0.15, -0.1) is 0 Å². The molecule has 1 saturated heterocycles. The highest BCUT2D eigenvalue weighted by Crippen LogP contribution is 2.30. The lowest BCUT2D eigenvalue weighted by Crippen LogP contribution is -2.31. The van der Waals surface area contributed by atoms with E-state index in [0.29, 0.717) is 24.5 Å². The Hall–Kier alpha value is -1.78. The number of hydrogen-bond acceptors (Lipinski definition) is 4. The molecule has 1 aliphatic rings. The molecule has 0 N–H and O–H groups in total. The van der Waals surface area contributed by atoms with Gasteiger partial charge >= 0.3 is 0 Å². The molecule has 1 aliphatic heterocycles. The topological polar surface area (TPSA) is 51.7 Å². The maximum Gasteiger partial charge on any atom is 0.222 e. The molecule has 0 saturated carbocycles. The number of hydrogen-bond donors (Lipinski definition) is 0. The Morgan fingerprint density at radius 1 is 1.14 bits per heavy atom. The largest absolute Gasteiger partial charge is 0.493 e. The van der Waals surface area contributed by atoms with E-state index in [1.807, 2.05) is 4.90 Å². The number of carbonyl (C=O) groups is 1. The molecule has 0 radical (unpaired) electrons. The first-order chi connectivity index (χ1) is 10.3. The molecule has 0 spiro atoms. The van der Waals surface area contributed by atoms with Crippen molar-refractivity contribution in [2.45, 2.75) is 45.1 Å². The lowest BCUT2D eigenvalue weighted by atomic mass is 10.1. The van der Waals surface area contributed by atoms with Crippen molar-refractivity contribution in [2.75, 3.05) is 20.8 Å². The number of pyridine rings is 1. The van der Waals surface area contributed by atoms with Crippen LogP contribution in [0.1, 0.15) is 44.2 Å². The van der Waals surface area contributed by atoms with Crippen LogP contribution in [-0.4, -0.2) is 36.6 Å².